The number of methoxy groups -OCH3 is 1. The zero-order chi connectivity index (χ0) is 15.2. The molecule has 5 heteroatoms. The average molecular weight is 306 g/mol. The smallest absolute Gasteiger partial charge is 0.338 e. The van der Waals surface area contributed by atoms with Gasteiger partial charge in [0.15, 0.2) is 0 Å². The number of rotatable bonds is 5. The summed E-state index contributed by atoms with van der Waals surface area (Å²) in [5.74, 6) is 0.228. The number of ether oxygens (including phenoxy) is 2. The van der Waals surface area contributed by atoms with E-state index in [1.54, 1.807) is 30.3 Å². The number of esters is 1. The zero-order valence-electron chi connectivity index (χ0n) is 11.6. The van der Waals surface area contributed by atoms with Crippen LogP contribution in [-0.4, -0.2) is 19.7 Å². The van der Waals surface area contributed by atoms with Crippen molar-refractivity contribution in [3.63, 3.8) is 0 Å². The van der Waals surface area contributed by atoms with Crippen LogP contribution in [0.2, 0.25) is 5.02 Å². The van der Waals surface area contributed by atoms with E-state index in [1.807, 2.05) is 12.1 Å². The molecule has 2 N–H and O–H groups in total. The summed E-state index contributed by atoms with van der Waals surface area (Å²) in [7, 11) is 1.37. The van der Waals surface area contributed by atoms with Gasteiger partial charge in [-0.3, -0.25) is 0 Å². The Balaban J connectivity index is 2.02. The van der Waals surface area contributed by atoms with Crippen molar-refractivity contribution in [2.75, 3.05) is 19.5 Å². The normalized spacial score (nSPS) is 10.2. The third-order valence-corrected chi connectivity index (χ3v) is 3.26. The van der Waals surface area contributed by atoms with Crippen molar-refractivity contribution in [2.45, 2.75) is 6.42 Å². The maximum absolute atomic E-state index is 11.7. The molecule has 0 aromatic heterocycles. The molecule has 0 heterocycles. The van der Waals surface area contributed by atoms with Crippen molar-refractivity contribution in [3.05, 3.63) is 58.6 Å². The molecule has 4 nitrogen and oxygen atoms in total. The van der Waals surface area contributed by atoms with E-state index < -0.39 is 0 Å². The van der Waals surface area contributed by atoms with E-state index in [0.29, 0.717) is 35.1 Å². The summed E-state index contributed by atoms with van der Waals surface area (Å²) in [4.78, 5) is 11.7. The standard InChI is InChI=1S/C16H16ClNO3/c1-20-16(19)13-5-3-2-4-11(13)8-9-21-15-7-6-12(17)10-14(15)18/h2-7,10H,8-9,18H2,1H3. The Labute approximate surface area is 128 Å². The van der Waals surface area contributed by atoms with E-state index in [0.717, 1.165) is 5.56 Å². The number of nitrogen functional groups attached to an aromatic ring is 1. The number of halogens is 1. The van der Waals surface area contributed by atoms with E-state index in [-0.39, 0.29) is 5.97 Å². The SMILES string of the molecule is COC(=O)c1ccccc1CCOc1ccc(Cl)cc1N. The molecule has 0 amide bonds. The molecule has 0 radical (unpaired) electrons. The van der Waals surface area contributed by atoms with Crippen LogP contribution >= 0.6 is 11.6 Å². The third kappa shape index (κ3) is 3.89. The van der Waals surface area contributed by atoms with Gasteiger partial charge < -0.3 is 15.2 Å². The summed E-state index contributed by atoms with van der Waals surface area (Å²) >= 11 is 5.83. The van der Waals surface area contributed by atoms with Gasteiger partial charge in [-0.05, 0) is 29.8 Å². The van der Waals surface area contributed by atoms with Crippen LogP contribution in [0, 0.1) is 0 Å². The van der Waals surface area contributed by atoms with Crippen molar-refractivity contribution in [1.82, 2.24) is 0 Å². The molecule has 0 fully saturated rings. The molecule has 0 aliphatic heterocycles. The molecule has 0 spiro atoms. The number of carbonyl (C=O) groups excluding carboxylic acids is 1. The van der Waals surface area contributed by atoms with E-state index in [1.165, 1.54) is 7.11 Å². The minimum absolute atomic E-state index is 0.350. The molecule has 2 aromatic carbocycles. The molecule has 110 valence electrons. The topological polar surface area (TPSA) is 61.5 Å². The molecule has 21 heavy (non-hydrogen) atoms. The fourth-order valence-corrected chi connectivity index (χ4v) is 2.15. The second kappa shape index (κ2) is 6.99. The Bertz CT molecular complexity index is 643. The Morgan fingerprint density at radius 2 is 2.00 bits per heavy atom. The van der Waals surface area contributed by atoms with Crippen LogP contribution in [0.5, 0.6) is 5.75 Å². The van der Waals surface area contributed by atoms with Crippen LogP contribution in [0.3, 0.4) is 0 Å². The second-order valence-corrected chi connectivity index (χ2v) is 4.87. The first-order valence-electron chi connectivity index (χ1n) is 6.46. The van der Waals surface area contributed by atoms with E-state index in [4.69, 9.17) is 26.8 Å². The predicted molar refractivity (Wildman–Crippen MR) is 82.8 cm³/mol. The van der Waals surface area contributed by atoms with Gasteiger partial charge in [-0.15, -0.1) is 0 Å². The highest BCUT2D eigenvalue weighted by Crippen LogP contribution is 2.25. The molecule has 0 aliphatic rings. The molecule has 0 unspecified atom stereocenters. The van der Waals surface area contributed by atoms with E-state index >= 15 is 0 Å². The lowest BCUT2D eigenvalue weighted by Crippen LogP contribution is -2.09. The number of nitrogens with two attached hydrogens (primary N) is 1. The van der Waals surface area contributed by atoms with Crippen LogP contribution < -0.4 is 10.5 Å². The van der Waals surface area contributed by atoms with Crippen LogP contribution in [0.15, 0.2) is 42.5 Å². The van der Waals surface area contributed by atoms with Crippen LogP contribution in [-0.2, 0) is 11.2 Å². The van der Waals surface area contributed by atoms with Gasteiger partial charge in [0.25, 0.3) is 0 Å². The summed E-state index contributed by atoms with van der Waals surface area (Å²) in [5.41, 5.74) is 7.73. The van der Waals surface area contributed by atoms with Crippen molar-refractivity contribution in [3.8, 4) is 5.75 Å². The van der Waals surface area contributed by atoms with E-state index in [9.17, 15) is 4.79 Å². The molecular weight excluding hydrogens is 290 g/mol. The molecule has 0 atom stereocenters. The Morgan fingerprint density at radius 1 is 1.24 bits per heavy atom. The van der Waals surface area contributed by atoms with Gasteiger partial charge in [0.1, 0.15) is 5.75 Å². The average Bonchev–Trinajstić information content (AvgIpc) is 2.49. The van der Waals surface area contributed by atoms with Crippen LogP contribution in [0.1, 0.15) is 15.9 Å². The monoisotopic (exact) mass is 305 g/mol. The number of hydrogen-bond donors (Lipinski definition) is 1. The summed E-state index contributed by atoms with van der Waals surface area (Å²) < 4.78 is 10.4. The molecule has 2 aromatic rings. The minimum Gasteiger partial charge on any atom is -0.491 e. The molecule has 0 bridgehead atoms. The Morgan fingerprint density at radius 3 is 2.71 bits per heavy atom. The largest absolute Gasteiger partial charge is 0.491 e. The van der Waals surface area contributed by atoms with Gasteiger partial charge in [0, 0.05) is 11.4 Å². The molecule has 0 saturated carbocycles. The lowest BCUT2D eigenvalue weighted by molar-refractivity contribution is 0.0599. The first-order chi connectivity index (χ1) is 10.1. The summed E-state index contributed by atoms with van der Waals surface area (Å²) in [6.45, 7) is 0.403. The van der Waals surface area contributed by atoms with Gasteiger partial charge in [0.2, 0.25) is 0 Å². The fraction of sp³-hybridized carbons (Fsp3) is 0.188. The van der Waals surface area contributed by atoms with Crippen molar-refractivity contribution in [2.24, 2.45) is 0 Å². The zero-order valence-corrected chi connectivity index (χ0v) is 12.4. The molecule has 0 aliphatic carbocycles. The number of hydrogen-bond acceptors (Lipinski definition) is 4. The van der Waals surface area contributed by atoms with Gasteiger partial charge in [-0.25, -0.2) is 4.79 Å². The second-order valence-electron chi connectivity index (χ2n) is 4.43. The highest BCUT2D eigenvalue weighted by atomic mass is 35.5. The minimum atomic E-state index is -0.350. The highest BCUT2D eigenvalue weighted by molar-refractivity contribution is 6.30. The number of anilines is 1. The predicted octanol–water partition coefficient (Wildman–Crippen LogP) is 3.33. The maximum atomic E-state index is 11.7. The maximum Gasteiger partial charge on any atom is 0.338 e. The van der Waals surface area contributed by atoms with Crippen LogP contribution in [0.4, 0.5) is 5.69 Å². The molecular formula is C16H16ClNO3. The molecule has 2 rings (SSSR count). The summed E-state index contributed by atoms with van der Waals surface area (Å²) in [6.07, 6.45) is 0.577. The lowest BCUT2D eigenvalue weighted by Gasteiger charge is -2.11. The van der Waals surface area contributed by atoms with Crippen molar-refractivity contribution in [1.29, 1.82) is 0 Å². The summed E-state index contributed by atoms with van der Waals surface area (Å²) in [6, 6.07) is 12.4. The van der Waals surface area contributed by atoms with Gasteiger partial charge in [0.05, 0.1) is 25.0 Å². The highest BCUT2D eigenvalue weighted by Gasteiger charge is 2.11. The van der Waals surface area contributed by atoms with Gasteiger partial charge in [-0.2, -0.15) is 0 Å². The fourth-order valence-electron chi connectivity index (χ4n) is 1.97. The lowest BCUT2D eigenvalue weighted by atomic mass is 10.1. The Kier molecular flexibility index (Phi) is 5.06. The Hall–Kier alpha value is -2.20. The third-order valence-electron chi connectivity index (χ3n) is 3.02. The first-order valence-corrected chi connectivity index (χ1v) is 6.83. The quantitative estimate of drug-likeness (QED) is 0.680. The summed E-state index contributed by atoms with van der Waals surface area (Å²) in [5, 5.41) is 0.566. The van der Waals surface area contributed by atoms with Crippen molar-refractivity contribution < 1.29 is 14.3 Å². The van der Waals surface area contributed by atoms with E-state index in [2.05, 4.69) is 0 Å². The van der Waals surface area contributed by atoms with Crippen molar-refractivity contribution >= 4 is 23.3 Å². The number of carbonyl (C=O) groups is 1. The van der Waals surface area contributed by atoms with Crippen LogP contribution in [0.25, 0.3) is 0 Å². The van der Waals surface area contributed by atoms with Gasteiger partial charge >= 0.3 is 5.97 Å². The first kappa shape index (κ1) is 15.2. The van der Waals surface area contributed by atoms with Gasteiger partial charge in [-0.1, -0.05) is 29.8 Å². The number of benzene rings is 2. The molecule has 0 saturated heterocycles.